The van der Waals surface area contributed by atoms with Crippen LogP contribution in [0.1, 0.15) is 12.0 Å². The molecule has 94 valence electrons. The van der Waals surface area contributed by atoms with Gasteiger partial charge in [-0.3, -0.25) is 0 Å². The minimum Gasteiger partial charge on any atom is -0.307 e. The van der Waals surface area contributed by atoms with E-state index in [4.69, 9.17) is 0 Å². The maximum atomic E-state index is 13.7. The van der Waals surface area contributed by atoms with Crippen molar-refractivity contribution in [2.24, 2.45) is 0 Å². The standard InChI is InChI=1S/C13H18F2N2/c1-17-7-6-13(12(15)9-17)16-8-10-2-4-11(14)5-3-10/h2-5,12-13,16H,6-9H2,1H3/t12-,13+/m0/s1. The number of rotatable bonds is 3. The van der Waals surface area contributed by atoms with Gasteiger partial charge in [-0.05, 0) is 37.7 Å². The number of piperidine rings is 1. The second kappa shape index (κ2) is 5.56. The highest BCUT2D eigenvalue weighted by molar-refractivity contribution is 5.15. The zero-order chi connectivity index (χ0) is 12.3. The minimum atomic E-state index is -0.825. The Hall–Kier alpha value is -1.00. The Morgan fingerprint density at radius 1 is 1.35 bits per heavy atom. The summed E-state index contributed by atoms with van der Waals surface area (Å²) < 4.78 is 26.4. The Morgan fingerprint density at radius 2 is 2.06 bits per heavy atom. The van der Waals surface area contributed by atoms with E-state index in [1.165, 1.54) is 12.1 Å². The number of hydrogen-bond donors (Lipinski definition) is 1. The minimum absolute atomic E-state index is 0.0868. The van der Waals surface area contributed by atoms with Gasteiger partial charge in [0.1, 0.15) is 12.0 Å². The molecule has 2 nitrogen and oxygen atoms in total. The quantitative estimate of drug-likeness (QED) is 0.869. The zero-order valence-electron chi connectivity index (χ0n) is 10.00. The third-order valence-electron chi connectivity index (χ3n) is 3.23. The number of nitrogens with zero attached hydrogens (tertiary/aromatic N) is 1. The van der Waals surface area contributed by atoms with Crippen molar-refractivity contribution in [1.29, 1.82) is 0 Å². The SMILES string of the molecule is CN1CC[C@@H](NCc2ccc(F)cc2)[C@@H](F)C1. The van der Waals surface area contributed by atoms with Gasteiger partial charge in [0.05, 0.1) is 0 Å². The summed E-state index contributed by atoms with van der Waals surface area (Å²) in [7, 11) is 1.93. The molecule has 0 aromatic heterocycles. The Morgan fingerprint density at radius 3 is 2.71 bits per heavy atom. The van der Waals surface area contributed by atoms with Crippen LogP contribution in [0.15, 0.2) is 24.3 Å². The average molecular weight is 240 g/mol. The summed E-state index contributed by atoms with van der Waals surface area (Å²) >= 11 is 0. The summed E-state index contributed by atoms with van der Waals surface area (Å²) in [6.45, 7) is 2.00. The molecule has 0 bridgehead atoms. The summed E-state index contributed by atoms with van der Waals surface area (Å²) in [5.41, 5.74) is 0.984. The summed E-state index contributed by atoms with van der Waals surface area (Å²) in [5, 5.41) is 3.20. The molecule has 0 aliphatic carbocycles. The highest BCUT2D eigenvalue weighted by Crippen LogP contribution is 2.13. The molecule has 0 radical (unpaired) electrons. The van der Waals surface area contributed by atoms with E-state index in [0.29, 0.717) is 13.1 Å². The second-order valence-corrected chi connectivity index (χ2v) is 4.68. The Kier molecular flexibility index (Phi) is 4.07. The lowest BCUT2D eigenvalue weighted by atomic mass is 10.0. The molecule has 1 heterocycles. The van der Waals surface area contributed by atoms with Crippen molar-refractivity contribution in [1.82, 2.24) is 10.2 Å². The molecule has 2 rings (SSSR count). The van der Waals surface area contributed by atoms with Crippen molar-refractivity contribution < 1.29 is 8.78 Å². The van der Waals surface area contributed by atoms with Gasteiger partial charge in [0, 0.05) is 19.1 Å². The average Bonchev–Trinajstić information content (AvgIpc) is 2.30. The molecule has 1 aromatic rings. The first-order valence-electron chi connectivity index (χ1n) is 5.95. The molecule has 0 saturated carbocycles. The molecule has 1 fully saturated rings. The van der Waals surface area contributed by atoms with Gasteiger partial charge in [0.15, 0.2) is 0 Å². The van der Waals surface area contributed by atoms with Crippen LogP contribution in [0.4, 0.5) is 8.78 Å². The van der Waals surface area contributed by atoms with E-state index in [1.807, 2.05) is 11.9 Å². The van der Waals surface area contributed by atoms with Gasteiger partial charge in [-0.25, -0.2) is 8.78 Å². The molecular formula is C13H18F2N2. The molecule has 1 saturated heterocycles. The second-order valence-electron chi connectivity index (χ2n) is 4.68. The van der Waals surface area contributed by atoms with Crippen LogP contribution in [0.25, 0.3) is 0 Å². The summed E-state index contributed by atoms with van der Waals surface area (Å²) in [4.78, 5) is 2.00. The lowest BCUT2D eigenvalue weighted by molar-refractivity contribution is 0.122. The largest absolute Gasteiger partial charge is 0.307 e. The Bertz CT molecular complexity index is 353. The third kappa shape index (κ3) is 3.48. The summed E-state index contributed by atoms with van der Waals surface area (Å²) in [6, 6.07) is 6.22. The summed E-state index contributed by atoms with van der Waals surface area (Å²) in [6.07, 6.45) is -0.00650. The third-order valence-corrected chi connectivity index (χ3v) is 3.23. The van der Waals surface area contributed by atoms with E-state index in [9.17, 15) is 8.78 Å². The van der Waals surface area contributed by atoms with Crippen LogP contribution < -0.4 is 5.32 Å². The number of alkyl halides is 1. The Labute approximate surface area is 101 Å². The fourth-order valence-corrected chi connectivity index (χ4v) is 2.14. The molecule has 0 amide bonds. The van der Waals surface area contributed by atoms with Gasteiger partial charge in [-0.1, -0.05) is 12.1 Å². The van der Waals surface area contributed by atoms with Crippen LogP contribution in [-0.2, 0) is 6.54 Å². The van der Waals surface area contributed by atoms with Crippen LogP contribution in [0.2, 0.25) is 0 Å². The Balaban J connectivity index is 1.83. The molecule has 4 heteroatoms. The van der Waals surface area contributed by atoms with E-state index in [-0.39, 0.29) is 11.9 Å². The smallest absolute Gasteiger partial charge is 0.128 e. The van der Waals surface area contributed by atoms with Gasteiger partial charge < -0.3 is 10.2 Å². The van der Waals surface area contributed by atoms with Gasteiger partial charge >= 0.3 is 0 Å². The molecule has 0 unspecified atom stereocenters. The van der Waals surface area contributed by atoms with E-state index < -0.39 is 6.17 Å². The molecule has 1 aliphatic rings. The van der Waals surface area contributed by atoms with Crippen LogP contribution >= 0.6 is 0 Å². The van der Waals surface area contributed by atoms with E-state index in [2.05, 4.69) is 5.32 Å². The van der Waals surface area contributed by atoms with Crippen molar-refractivity contribution in [3.05, 3.63) is 35.6 Å². The van der Waals surface area contributed by atoms with Crippen LogP contribution in [0.3, 0.4) is 0 Å². The molecular weight excluding hydrogens is 222 g/mol. The number of nitrogens with one attached hydrogen (secondary N) is 1. The van der Waals surface area contributed by atoms with Crippen molar-refractivity contribution in [3.63, 3.8) is 0 Å². The van der Waals surface area contributed by atoms with Crippen molar-refractivity contribution in [3.8, 4) is 0 Å². The normalized spacial score (nSPS) is 26.1. The van der Waals surface area contributed by atoms with E-state index in [1.54, 1.807) is 12.1 Å². The topological polar surface area (TPSA) is 15.3 Å². The lowest BCUT2D eigenvalue weighted by Crippen LogP contribution is -2.49. The fourth-order valence-electron chi connectivity index (χ4n) is 2.14. The maximum Gasteiger partial charge on any atom is 0.128 e. The van der Waals surface area contributed by atoms with Crippen LogP contribution in [-0.4, -0.2) is 37.3 Å². The van der Waals surface area contributed by atoms with E-state index in [0.717, 1.165) is 18.5 Å². The van der Waals surface area contributed by atoms with Gasteiger partial charge in [-0.15, -0.1) is 0 Å². The number of likely N-dealkylation sites (tertiary alicyclic amines) is 1. The van der Waals surface area contributed by atoms with Crippen molar-refractivity contribution in [2.75, 3.05) is 20.1 Å². The first-order chi connectivity index (χ1) is 8.15. The van der Waals surface area contributed by atoms with E-state index >= 15 is 0 Å². The molecule has 1 aromatic carbocycles. The summed E-state index contributed by atoms with van der Waals surface area (Å²) in [5.74, 6) is -0.239. The molecule has 1 N–H and O–H groups in total. The monoisotopic (exact) mass is 240 g/mol. The molecule has 0 spiro atoms. The predicted octanol–water partition coefficient (Wildman–Crippen LogP) is 1.96. The van der Waals surface area contributed by atoms with Crippen LogP contribution in [0.5, 0.6) is 0 Å². The first kappa shape index (κ1) is 12.5. The van der Waals surface area contributed by atoms with Gasteiger partial charge in [0.25, 0.3) is 0 Å². The van der Waals surface area contributed by atoms with Crippen molar-refractivity contribution in [2.45, 2.75) is 25.2 Å². The molecule has 17 heavy (non-hydrogen) atoms. The highest BCUT2D eigenvalue weighted by Gasteiger charge is 2.26. The lowest BCUT2D eigenvalue weighted by Gasteiger charge is -2.32. The molecule has 1 aliphatic heterocycles. The van der Waals surface area contributed by atoms with Crippen LogP contribution in [0, 0.1) is 5.82 Å². The number of halogens is 2. The fraction of sp³-hybridized carbons (Fsp3) is 0.538. The number of hydrogen-bond acceptors (Lipinski definition) is 2. The number of benzene rings is 1. The predicted molar refractivity (Wildman–Crippen MR) is 64.0 cm³/mol. The maximum absolute atomic E-state index is 13.7. The van der Waals surface area contributed by atoms with Gasteiger partial charge in [-0.2, -0.15) is 0 Å². The molecule has 2 atom stereocenters. The zero-order valence-corrected chi connectivity index (χ0v) is 10.00. The first-order valence-corrected chi connectivity index (χ1v) is 5.95. The van der Waals surface area contributed by atoms with Crippen molar-refractivity contribution >= 4 is 0 Å². The van der Waals surface area contributed by atoms with Gasteiger partial charge in [0.2, 0.25) is 0 Å². The highest BCUT2D eigenvalue weighted by atomic mass is 19.1.